The zero-order chi connectivity index (χ0) is 13.4. The molecule has 2 unspecified atom stereocenters. The van der Waals surface area contributed by atoms with Gasteiger partial charge in [-0.1, -0.05) is 30.1 Å². The molecule has 6 heteroatoms. The monoisotopic (exact) mass is 290 g/mol. The van der Waals surface area contributed by atoms with Crippen molar-refractivity contribution >= 4 is 29.1 Å². The second-order valence-electron chi connectivity index (χ2n) is 4.81. The summed E-state index contributed by atoms with van der Waals surface area (Å²) in [6, 6.07) is 1.57. The molecule has 2 atom stereocenters. The molecular formula is C12H16Cl2N2O2. The standard InChI is InChI=1S/C12H16Cl2N2O2/c1-7-3-4-16(6-10(7)17)12(18)9-5-8(13)11(14)15(9)2/h5,7,10,17H,3-4,6H2,1-2H3. The fraction of sp³-hybridized carbons (Fsp3) is 0.583. The third-order valence-corrected chi connectivity index (χ3v) is 4.38. The number of amides is 1. The van der Waals surface area contributed by atoms with Crippen LogP contribution in [0.2, 0.25) is 10.2 Å². The van der Waals surface area contributed by atoms with E-state index in [9.17, 15) is 9.90 Å². The Morgan fingerprint density at radius 3 is 2.67 bits per heavy atom. The number of rotatable bonds is 1. The molecule has 1 N–H and O–H groups in total. The highest BCUT2D eigenvalue weighted by molar-refractivity contribution is 6.41. The van der Waals surface area contributed by atoms with Crippen molar-refractivity contribution in [2.45, 2.75) is 19.4 Å². The van der Waals surface area contributed by atoms with Crippen LogP contribution in [-0.2, 0) is 7.05 Å². The lowest BCUT2D eigenvalue weighted by molar-refractivity contribution is 0.0243. The molecule has 100 valence electrons. The van der Waals surface area contributed by atoms with Gasteiger partial charge in [-0.15, -0.1) is 0 Å². The molecule has 0 radical (unpaired) electrons. The average molecular weight is 291 g/mol. The van der Waals surface area contributed by atoms with Crippen LogP contribution in [0, 0.1) is 5.92 Å². The maximum Gasteiger partial charge on any atom is 0.270 e. The van der Waals surface area contributed by atoms with Crippen molar-refractivity contribution in [3.8, 4) is 0 Å². The Morgan fingerprint density at radius 2 is 2.17 bits per heavy atom. The van der Waals surface area contributed by atoms with Gasteiger partial charge in [0.1, 0.15) is 10.8 Å². The zero-order valence-electron chi connectivity index (χ0n) is 10.4. The molecule has 0 aromatic carbocycles. The molecule has 0 bridgehead atoms. The average Bonchev–Trinajstić information content (AvgIpc) is 2.60. The number of piperidine rings is 1. The number of aliphatic hydroxyl groups excluding tert-OH is 1. The van der Waals surface area contributed by atoms with Gasteiger partial charge in [0.15, 0.2) is 0 Å². The van der Waals surface area contributed by atoms with Gasteiger partial charge in [0.2, 0.25) is 0 Å². The van der Waals surface area contributed by atoms with Crippen LogP contribution in [0.5, 0.6) is 0 Å². The summed E-state index contributed by atoms with van der Waals surface area (Å²) in [5.74, 6) is 0.0897. The minimum atomic E-state index is -0.464. The van der Waals surface area contributed by atoms with Crippen molar-refractivity contribution < 1.29 is 9.90 Å². The molecule has 2 rings (SSSR count). The van der Waals surface area contributed by atoms with E-state index in [1.165, 1.54) is 0 Å². The van der Waals surface area contributed by atoms with Crippen molar-refractivity contribution in [3.63, 3.8) is 0 Å². The molecule has 1 fully saturated rings. The number of hydrogen-bond donors (Lipinski definition) is 1. The minimum absolute atomic E-state index is 0.141. The summed E-state index contributed by atoms with van der Waals surface area (Å²) < 4.78 is 1.57. The van der Waals surface area contributed by atoms with Crippen LogP contribution in [-0.4, -0.2) is 39.7 Å². The van der Waals surface area contributed by atoms with Gasteiger partial charge in [0, 0.05) is 20.1 Å². The lowest BCUT2D eigenvalue weighted by atomic mass is 9.96. The highest BCUT2D eigenvalue weighted by Gasteiger charge is 2.29. The maximum atomic E-state index is 12.3. The number of hydrogen-bond acceptors (Lipinski definition) is 2. The van der Waals surface area contributed by atoms with E-state index in [-0.39, 0.29) is 11.8 Å². The van der Waals surface area contributed by atoms with Gasteiger partial charge in [-0.05, 0) is 18.4 Å². The van der Waals surface area contributed by atoms with E-state index in [4.69, 9.17) is 23.2 Å². The van der Waals surface area contributed by atoms with Gasteiger partial charge in [0.05, 0.1) is 11.1 Å². The van der Waals surface area contributed by atoms with Gasteiger partial charge in [-0.25, -0.2) is 0 Å². The fourth-order valence-electron chi connectivity index (χ4n) is 2.14. The van der Waals surface area contributed by atoms with Crippen LogP contribution in [0.3, 0.4) is 0 Å². The van der Waals surface area contributed by atoms with Crippen molar-refractivity contribution in [3.05, 3.63) is 21.9 Å². The molecule has 1 saturated heterocycles. The van der Waals surface area contributed by atoms with E-state index in [0.29, 0.717) is 29.0 Å². The number of aromatic nitrogens is 1. The highest BCUT2D eigenvalue weighted by atomic mass is 35.5. The van der Waals surface area contributed by atoms with Gasteiger partial charge >= 0.3 is 0 Å². The van der Waals surface area contributed by atoms with Gasteiger partial charge in [-0.3, -0.25) is 4.79 Å². The van der Waals surface area contributed by atoms with Crippen molar-refractivity contribution in [2.24, 2.45) is 13.0 Å². The van der Waals surface area contributed by atoms with Gasteiger partial charge in [0.25, 0.3) is 5.91 Å². The second kappa shape index (κ2) is 5.11. The quantitative estimate of drug-likeness (QED) is 0.862. The molecule has 18 heavy (non-hydrogen) atoms. The lowest BCUT2D eigenvalue weighted by Crippen LogP contribution is -2.46. The number of likely N-dealkylation sites (tertiary alicyclic amines) is 1. The van der Waals surface area contributed by atoms with Crippen LogP contribution in [0.4, 0.5) is 0 Å². The number of carbonyl (C=O) groups is 1. The predicted octanol–water partition coefficient (Wildman–Crippen LogP) is 2.17. The van der Waals surface area contributed by atoms with Crippen molar-refractivity contribution in [1.29, 1.82) is 0 Å². The first kappa shape index (κ1) is 13.7. The molecule has 1 aliphatic rings. The smallest absolute Gasteiger partial charge is 0.270 e. The largest absolute Gasteiger partial charge is 0.391 e. The van der Waals surface area contributed by atoms with E-state index < -0.39 is 6.10 Å². The maximum absolute atomic E-state index is 12.3. The van der Waals surface area contributed by atoms with Crippen LogP contribution >= 0.6 is 23.2 Å². The summed E-state index contributed by atoms with van der Waals surface area (Å²) in [6.07, 6.45) is 0.340. The number of β-amino-alcohol motifs (C(OH)–C–C–N with tert-alkyl or cyclic N) is 1. The molecule has 1 aromatic heterocycles. The summed E-state index contributed by atoms with van der Waals surface area (Å²) in [4.78, 5) is 14.0. The lowest BCUT2D eigenvalue weighted by Gasteiger charge is -2.34. The Bertz CT molecular complexity index is 473. The minimum Gasteiger partial charge on any atom is -0.391 e. The Labute approximate surface area is 116 Å². The molecular weight excluding hydrogens is 275 g/mol. The Balaban J connectivity index is 2.19. The Kier molecular flexibility index (Phi) is 3.90. The third-order valence-electron chi connectivity index (χ3n) is 3.54. The van der Waals surface area contributed by atoms with Crippen LogP contribution in [0.1, 0.15) is 23.8 Å². The van der Waals surface area contributed by atoms with E-state index in [0.717, 1.165) is 6.42 Å². The number of carbonyl (C=O) groups excluding carboxylic acids is 1. The molecule has 2 heterocycles. The van der Waals surface area contributed by atoms with E-state index in [2.05, 4.69) is 0 Å². The Morgan fingerprint density at radius 1 is 1.50 bits per heavy atom. The van der Waals surface area contributed by atoms with Crippen molar-refractivity contribution in [2.75, 3.05) is 13.1 Å². The Hall–Kier alpha value is -0.710. The molecule has 1 aliphatic heterocycles. The van der Waals surface area contributed by atoms with E-state index in [1.54, 1.807) is 22.6 Å². The molecule has 4 nitrogen and oxygen atoms in total. The predicted molar refractivity (Wildman–Crippen MR) is 71.1 cm³/mol. The number of nitrogens with zero attached hydrogens (tertiary/aromatic N) is 2. The topological polar surface area (TPSA) is 45.5 Å². The first-order valence-electron chi connectivity index (χ1n) is 5.90. The summed E-state index contributed by atoms with van der Waals surface area (Å²) in [5, 5.41) is 10.5. The van der Waals surface area contributed by atoms with Gasteiger partial charge < -0.3 is 14.6 Å². The fourth-order valence-corrected chi connectivity index (χ4v) is 2.52. The van der Waals surface area contributed by atoms with Crippen LogP contribution in [0.25, 0.3) is 0 Å². The first-order valence-corrected chi connectivity index (χ1v) is 6.65. The molecule has 0 aliphatic carbocycles. The SMILES string of the molecule is CC1CCN(C(=O)c2cc(Cl)c(Cl)n2C)CC1O. The normalized spacial score (nSPS) is 24.4. The first-order chi connectivity index (χ1) is 8.41. The molecule has 0 spiro atoms. The van der Waals surface area contributed by atoms with Gasteiger partial charge in [-0.2, -0.15) is 0 Å². The number of halogens is 2. The third kappa shape index (κ3) is 2.37. The van der Waals surface area contributed by atoms with Crippen molar-refractivity contribution in [1.82, 2.24) is 9.47 Å². The van der Waals surface area contributed by atoms with Crippen LogP contribution in [0.15, 0.2) is 6.07 Å². The summed E-state index contributed by atoms with van der Waals surface area (Å²) in [6.45, 7) is 3.00. The summed E-state index contributed by atoms with van der Waals surface area (Å²) in [7, 11) is 1.70. The van der Waals surface area contributed by atoms with E-state index >= 15 is 0 Å². The zero-order valence-corrected chi connectivity index (χ0v) is 11.9. The second-order valence-corrected chi connectivity index (χ2v) is 5.58. The summed E-state index contributed by atoms with van der Waals surface area (Å²) >= 11 is 11.8. The van der Waals surface area contributed by atoms with E-state index in [1.807, 2.05) is 6.92 Å². The molecule has 0 saturated carbocycles. The summed E-state index contributed by atoms with van der Waals surface area (Å²) in [5.41, 5.74) is 0.451. The molecule has 1 amide bonds. The van der Waals surface area contributed by atoms with Crippen LogP contribution < -0.4 is 0 Å². The highest BCUT2D eigenvalue weighted by Crippen LogP contribution is 2.27. The number of aliphatic hydroxyl groups is 1. The molecule has 1 aromatic rings.